The van der Waals surface area contributed by atoms with Gasteiger partial charge in [-0.3, -0.25) is 9.11 Å². The molecule has 0 amide bonds. The lowest BCUT2D eigenvalue weighted by molar-refractivity contribution is 0.381. The van der Waals surface area contributed by atoms with Crippen molar-refractivity contribution in [3.05, 3.63) is 0 Å². The first kappa shape index (κ1) is 15.7. The second-order valence-corrected chi connectivity index (χ2v) is 1.34. The van der Waals surface area contributed by atoms with Gasteiger partial charge >= 0.3 is 10.4 Å². The minimum absolute atomic E-state index is 0. The average molecular weight is 155 g/mol. The van der Waals surface area contributed by atoms with Gasteiger partial charge in [0.05, 0.1) is 0 Å². The first-order valence-corrected chi connectivity index (χ1v) is 2.10. The molecule has 3 radical (unpaired) electrons. The van der Waals surface area contributed by atoms with Crippen LogP contribution in [0.1, 0.15) is 0 Å². The predicted octanol–water partition coefficient (Wildman–Crippen LogP) is -2.22. The quantitative estimate of drug-likeness (QED) is 0.307. The summed E-state index contributed by atoms with van der Waals surface area (Å²) >= 11 is 0. The zero-order valence-electron chi connectivity index (χ0n) is 2.70. The summed E-state index contributed by atoms with van der Waals surface area (Å²) in [5.74, 6) is 0. The van der Waals surface area contributed by atoms with Gasteiger partial charge in [-0.15, -0.1) is 0 Å². The average Bonchev–Trinajstić information content (AvgIpc) is 0.722. The monoisotopic (exact) mass is 155 g/mol. The van der Waals surface area contributed by atoms with Gasteiger partial charge in [-0.05, 0) is 0 Å². The third-order valence-corrected chi connectivity index (χ3v) is 0. The van der Waals surface area contributed by atoms with Crippen LogP contribution < -0.4 is 0 Å². The van der Waals surface area contributed by atoms with Crippen LogP contribution in [-0.4, -0.2) is 52.2 Å². The van der Waals surface area contributed by atoms with Gasteiger partial charge in [0.25, 0.3) is 0 Å². The fourth-order valence-corrected chi connectivity index (χ4v) is 0. The summed E-state index contributed by atoms with van der Waals surface area (Å²) in [5, 5.41) is 0. The Labute approximate surface area is 62.8 Å². The van der Waals surface area contributed by atoms with Crippen LogP contribution in [0.15, 0.2) is 0 Å². The van der Waals surface area contributed by atoms with Crippen LogP contribution in [0.5, 0.6) is 0 Å². The first-order valence-electron chi connectivity index (χ1n) is 0.698. The van der Waals surface area contributed by atoms with Crippen molar-refractivity contribution in [1.82, 2.24) is 0 Å². The Morgan fingerprint density at radius 2 is 1.14 bits per heavy atom. The molecular weight excluding hydrogens is 150 g/mol. The Kier molecular flexibility index (Phi) is 11.4. The maximum absolute atomic E-state index is 8.74. The fraction of sp³-hybridized carbons (Fsp3) is 0. The van der Waals surface area contributed by atoms with Crippen molar-refractivity contribution in [2.24, 2.45) is 0 Å². The van der Waals surface area contributed by atoms with Gasteiger partial charge in [0.1, 0.15) is 0 Å². The molecule has 0 saturated heterocycles. The third-order valence-electron chi connectivity index (χ3n) is 0. The van der Waals surface area contributed by atoms with Gasteiger partial charge < -0.3 is 0 Å². The van der Waals surface area contributed by atoms with Crippen LogP contribution >= 0.6 is 0 Å². The van der Waals surface area contributed by atoms with E-state index in [4.69, 9.17) is 17.5 Å². The Morgan fingerprint density at radius 1 is 1.14 bits per heavy atom. The second kappa shape index (κ2) is 5.08. The van der Waals surface area contributed by atoms with Crippen molar-refractivity contribution >= 4 is 45.1 Å². The summed E-state index contributed by atoms with van der Waals surface area (Å²) in [5.41, 5.74) is 0. The van der Waals surface area contributed by atoms with Gasteiger partial charge in [0.15, 0.2) is 17.4 Å². The van der Waals surface area contributed by atoms with E-state index in [1.54, 1.807) is 0 Å². The zero-order valence-corrected chi connectivity index (χ0v) is 4.67. The normalized spacial score (nSPS) is 8.29. The lowest BCUT2D eigenvalue weighted by Gasteiger charge is -1.68. The number of hydrogen-bond acceptors (Lipinski definition) is 2. The molecule has 0 atom stereocenters. The summed E-state index contributed by atoms with van der Waals surface area (Å²) in [4.78, 5) is 0. The Morgan fingerprint density at radius 3 is 1.14 bits per heavy atom. The molecule has 2 N–H and O–H groups in total. The molecule has 0 saturated carbocycles. The van der Waals surface area contributed by atoms with E-state index in [1.165, 1.54) is 0 Å². The van der Waals surface area contributed by atoms with Gasteiger partial charge in [-0.25, -0.2) is 0 Å². The van der Waals surface area contributed by atoms with Gasteiger partial charge in [-0.2, -0.15) is 8.42 Å². The Bertz CT molecular complexity index is 92.9. The molecule has 0 rings (SSSR count). The lowest BCUT2D eigenvalue weighted by Crippen LogP contribution is -1.89. The Hall–Kier alpha value is 0.935. The SMILES string of the molecule is O=S(=O)(O)O.[AlH3].[Al]. The van der Waals surface area contributed by atoms with Gasteiger partial charge in [0.2, 0.25) is 0 Å². The van der Waals surface area contributed by atoms with Crippen molar-refractivity contribution in [3.63, 3.8) is 0 Å². The maximum atomic E-state index is 8.74. The van der Waals surface area contributed by atoms with E-state index >= 15 is 0 Å². The Balaban J connectivity index is -0.0000000800. The van der Waals surface area contributed by atoms with Crippen LogP contribution in [0.4, 0.5) is 0 Å². The summed E-state index contributed by atoms with van der Waals surface area (Å²) in [7, 11) is -4.67. The highest BCUT2D eigenvalue weighted by Crippen LogP contribution is 1.59. The van der Waals surface area contributed by atoms with E-state index in [9.17, 15) is 0 Å². The van der Waals surface area contributed by atoms with Crippen molar-refractivity contribution in [2.75, 3.05) is 0 Å². The molecule has 0 aliphatic rings. The molecule has 0 spiro atoms. The van der Waals surface area contributed by atoms with Crippen LogP contribution in [0, 0.1) is 0 Å². The topological polar surface area (TPSA) is 74.6 Å². The van der Waals surface area contributed by atoms with E-state index in [0.29, 0.717) is 0 Å². The highest BCUT2D eigenvalue weighted by atomic mass is 32.3. The van der Waals surface area contributed by atoms with Crippen molar-refractivity contribution in [3.8, 4) is 0 Å². The first-order chi connectivity index (χ1) is 2.00. The minimum Gasteiger partial charge on any atom is -0.264 e. The van der Waals surface area contributed by atoms with E-state index in [2.05, 4.69) is 0 Å². The van der Waals surface area contributed by atoms with Crippen LogP contribution in [0.2, 0.25) is 0 Å². The van der Waals surface area contributed by atoms with E-state index in [1.807, 2.05) is 0 Å². The largest absolute Gasteiger partial charge is 0.394 e. The molecule has 7 heavy (non-hydrogen) atoms. The predicted molar refractivity (Wildman–Crippen MR) is 29.9 cm³/mol. The number of rotatable bonds is 0. The molecule has 7 heteroatoms. The highest BCUT2D eigenvalue weighted by Gasteiger charge is 1.84. The summed E-state index contributed by atoms with van der Waals surface area (Å²) in [6.07, 6.45) is 0. The van der Waals surface area contributed by atoms with Gasteiger partial charge in [-0.1, -0.05) is 0 Å². The highest BCUT2D eigenvalue weighted by molar-refractivity contribution is 7.79. The zero-order chi connectivity index (χ0) is 4.50. The lowest BCUT2D eigenvalue weighted by atomic mass is 15.8. The molecule has 0 fully saturated rings. The molecule has 41 valence electrons. The molecule has 0 aliphatic heterocycles. The van der Waals surface area contributed by atoms with Crippen molar-refractivity contribution in [2.45, 2.75) is 0 Å². The molecule has 0 aromatic rings. The number of hydrogen-bond donors (Lipinski definition) is 2. The van der Waals surface area contributed by atoms with Crippen molar-refractivity contribution in [1.29, 1.82) is 0 Å². The molecule has 0 aliphatic carbocycles. The van der Waals surface area contributed by atoms with Gasteiger partial charge in [0, 0.05) is 17.4 Å². The van der Waals surface area contributed by atoms with Crippen molar-refractivity contribution < 1.29 is 17.5 Å². The second-order valence-electron chi connectivity index (χ2n) is 0.448. The standard InChI is InChI=1S/2Al.H2O4S.3H/c;;1-5(2,3)4;;;/h;;(H2,1,2,3,4);;;. The molecular formula is H5Al2O4S. The maximum Gasteiger partial charge on any atom is 0.394 e. The molecule has 0 aromatic carbocycles. The summed E-state index contributed by atoms with van der Waals surface area (Å²) in [6.45, 7) is 0. The van der Waals surface area contributed by atoms with E-state index < -0.39 is 10.4 Å². The smallest absolute Gasteiger partial charge is 0.264 e. The third kappa shape index (κ3) is 193. The summed E-state index contributed by atoms with van der Waals surface area (Å²) in [6, 6.07) is 0. The molecule has 0 heterocycles. The van der Waals surface area contributed by atoms with Crippen LogP contribution in [0.3, 0.4) is 0 Å². The summed E-state index contributed by atoms with van der Waals surface area (Å²) < 4.78 is 31.6. The van der Waals surface area contributed by atoms with E-state index in [0.717, 1.165) is 0 Å². The molecule has 0 bridgehead atoms. The molecule has 0 aromatic heterocycles. The molecule has 4 nitrogen and oxygen atoms in total. The molecule has 0 unspecified atom stereocenters. The fourth-order valence-electron chi connectivity index (χ4n) is 0. The van der Waals surface area contributed by atoms with Crippen LogP contribution in [0.25, 0.3) is 0 Å². The minimum atomic E-state index is -4.67. The van der Waals surface area contributed by atoms with Crippen LogP contribution in [-0.2, 0) is 10.4 Å². The van der Waals surface area contributed by atoms with E-state index in [-0.39, 0.29) is 34.7 Å².